The Kier molecular flexibility index (Phi) is 2.97. The number of carbonyl (C=O) groups is 1. The predicted octanol–water partition coefficient (Wildman–Crippen LogP) is 1.34. The van der Waals surface area contributed by atoms with Gasteiger partial charge in [-0.15, -0.1) is 0 Å². The van der Waals surface area contributed by atoms with Crippen molar-refractivity contribution >= 4 is 5.91 Å². The van der Waals surface area contributed by atoms with E-state index in [2.05, 4.69) is 0 Å². The Morgan fingerprint density at radius 1 is 1.31 bits per heavy atom. The summed E-state index contributed by atoms with van der Waals surface area (Å²) in [5.41, 5.74) is 5.49. The molecule has 1 aromatic rings. The first-order valence-corrected chi connectivity index (χ1v) is 5.71. The molecular weight excluding hydrogens is 202 g/mol. The number of rotatable bonds is 2. The Morgan fingerprint density at radius 3 is 2.56 bits per heavy atom. The maximum Gasteiger partial charge on any atom is 0.230 e. The molecule has 1 aromatic carbocycles. The molecule has 2 rings (SSSR count). The first-order chi connectivity index (χ1) is 7.68. The monoisotopic (exact) mass is 219 g/mol. The van der Waals surface area contributed by atoms with Crippen molar-refractivity contribution in [3.63, 3.8) is 0 Å². The van der Waals surface area contributed by atoms with Crippen molar-refractivity contribution in [2.75, 3.05) is 0 Å². The standard InChI is InChI=1S/C13H17NO2/c14-12(16)13(9-5-4-8-11(13)15)10-6-2-1-3-7-10/h1-3,6-7,11,15H,4-5,8-9H2,(H2,14,16). The molecule has 2 unspecified atom stereocenters. The van der Waals surface area contributed by atoms with E-state index in [-0.39, 0.29) is 0 Å². The zero-order valence-corrected chi connectivity index (χ0v) is 9.23. The third kappa shape index (κ3) is 1.61. The molecule has 0 aliphatic heterocycles. The van der Waals surface area contributed by atoms with Crippen molar-refractivity contribution in [2.45, 2.75) is 37.2 Å². The van der Waals surface area contributed by atoms with Gasteiger partial charge in [-0.3, -0.25) is 4.79 Å². The van der Waals surface area contributed by atoms with Gasteiger partial charge in [0, 0.05) is 0 Å². The average Bonchev–Trinajstić information content (AvgIpc) is 2.30. The molecule has 3 nitrogen and oxygen atoms in total. The summed E-state index contributed by atoms with van der Waals surface area (Å²) in [6, 6.07) is 9.40. The van der Waals surface area contributed by atoms with Crippen LogP contribution in [0.1, 0.15) is 31.2 Å². The number of amides is 1. The minimum absolute atomic E-state index is 0.411. The number of aliphatic hydroxyl groups excluding tert-OH is 1. The van der Waals surface area contributed by atoms with Crippen LogP contribution in [0.3, 0.4) is 0 Å². The molecule has 0 saturated heterocycles. The zero-order chi connectivity index (χ0) is 11.6. The summed E-state index contributed by atoms with van der Waals surface area (Å²) in [5, 5.41) is 10.1. The van der Waals surface area contributed by atoms with Crippen LogP contribution in [0.2, 0.25) is 0 Å². The van der Waals surface area contributed by atoms with Crippen molar-refractivity contribution in [3.05, 3.63) is 35.9 Å². The summed E-state index contributed by atoms with van der Waals surface area (Å²) in [6.07, 6.45) is 2.55. The second kappa shape index (κ2) is 4.26. The first kappa shape index (κ1) is 11.1. The molecule has 1 aliphatic carbocycles. The van der Waals surface area contributed by atoms with Gasteiger partial charge < -0.3 is 10.8 Å². The largest absolute Gasteiger partial charge is 0.392 e. The fourth-order valence-corrected chi connectivity index (χ4v) is 2.66. The Morgan fingerprint density at radius 2 is 2.00 bits per heavy atom. The van der Waals surface area contributed by atoms with E-state index in [9.17, 15) is 9.90 Å². The van der Waals surface area contributed by atoms with Gasteiger partial charge in [-0.25, -0.2) is 0 Å². The third-order valence-electron chi connectivity index (χ3n) is 3.60. The molecule has 86 valence electrons. The highest BCUT2D eigenvalue weighted by atomic mass is 16.3. The third-order valence-corrected chi connectivity index (χ3v) is 3.60. The van der Waals surface area contributed by atoms with E-state index in [1.54, 1.807) is 0 Å². The summed E-state index contributed by atoms with van der Waals surface area (Å²) in [7, 11) is 0. The number of nitrogens with two attached hydrogens (primary N) is 1. The van der Waals surface area contributed by atoms with E-state index < -0.39 is 17.4 Å². The van der Waals surface area contributed by atoms with Crippen LogP contribution in [-0.2, 0) is 10.2 Å². The van der Waals surface area contributed by atoms with Crippen LogP contribution in [0.15, 0.2) is 30.3 Å². The molecule has 0 radical (unpaired) electrons. The molecule has 0 aromatic heterocycles. The first-order valence-electron chi connectivity index (χ1n) is 5.71. The maximum absolute atomic E-state index is 11.7. The molecule has 1 aliphatic rings. The van der Waals surface area contributed by atoms with Gasteiger partial charge in [0.05, 0.1) is 11.5 Å². The Labute approximate surface area is 95.3 Å². The lowest BCUT2D eigenvalue weighted by Crippen LogP contribution is -2.52. The van der Waals surface area contributed by atoms with Crippen molar-refractivity contribution < 1.29 is 9.90 Å². The van der Waals surface area contributed by atoms with Crippen molar-refractivity contribution in [1.82, 2.24) is 0 Å². The van der Waals surface area contributed by atoms with E-state index in [1.807, 2.05) is 30.3 Å². The molecule has 2 atom stereocenters. The molecular formula is C13H17NO2. The quantitative estimate of drug-likeness (QED) is 0.788. The van der Waals surface area contributed by atoms with E-state index >= 15 is 0 Å². The Hall–Kier alpha value is -1.35. The fourth-order valence-electron chi connectivity index (χ4n) is 2.66. The van der Waals surface area contributed by atoms with E-state index in [1.165, 1.54) is 0 Å². The van der Waals surface area contributed by atoms with Gasteiger partial charge in [0.2, 0.25) is 5.91 Å². The van der Waals surface area contributed by atoms with Gasteiger partial charge in [-0.2, -0.15) is 0 Å². The maximum atomic E-state index is 11.7. The molecule has 3 heteroatoms. The highest BCUT2D eigenvalue weighted by Crippen LogP contribution is 2.39. The van der Waals surface area contributed by atoms with E-state index in [0.717, 1.165) is 18.4 Å². The number of hydrogen-bond acceptors (Lipinski definition) is 2. The van der Waals surface area contributed by atoms with Gasteiger partial charge in [0.15, 0.2) is 0 Å². The van der Waals surface area contributed by atoms with Crippen molar-refractivity contribution in [3.8, 4) is 0 Å². The van der Waals surface area contributed by atoms with Gasteiger partial charge in [0.25, 0.3) is 0 Å². The number of aliphatic hydroxyl groups is 1. The molecule has 1 saturated carbocycles. The van der Waals surface area contributed by atoms with Gasteiger partial charge in [0.1, 0.15) is 0 Å². The topological polar surface area (TPSA) is 63.3 Å². The van der Waals surface area contributed by atoms with Crippen LogP contribution >= 0.6 is 0 Å². The highest BCUT2D eigenvalue weighted by Gasteiger charge is 2.46. The van der Waals surface area contributed by atoms with Crippen LogP contribution in [-0.4, -0.2) is 17.1 Å². The number of carbonyl (C=O) groups excluding carboxylic acids is 1. The minimum Gasteiger partial charge on any atom is -0.392 e. The summed E-state index contributed by atoms with van der Waals surface area (Å²) in [6.45, 7) is 0. The summed E-state index contributed by atoms with van der Waals surface area (Å²) < 4.78 is 0. The van der Waals surface area contributed by atoms with Crippen molar-refractivity contribution in [2.24, 2.45) is 5.73 Å². The summed E-state index contributed by atoms with van der Waals surface area (Å²) >= 11 is 0. The Balaban J connectivity index is 2.46. The predicted molar refractivity (Wildman–Crippen MR) is 61.8 cm³/mol. The van der Waals surface area contributed by atoms with Gasteiger partial charge in [-0.1, -0.05) is 43.2 Å². The molecule has 0 heterocycles. The lowest BCUT2D eigenvalue weighted by atomic mass is 9.67. The number of primary amides is 1. The smallest absolute Gasteiger partial charge is 0.230 e. The highest BCUT2D eigenvalue weighted by molar-refractivity contribution is 5.87. The molecule has 0 spiro atoms. The lowest BCUT2D eigenvalue weighted by Gasteiger charge is -2.39. The average molecular weight is 219 g/mol. The zero-order valence-electron chi connectivity index (χ0n) is 9.23. The lowest BCUT2D eigenvalue weighted by molar-refractivity contribution is -0.130. The van der Waals surface area contributed by atoms with E-state index in [0.29, 0.717) is 12.8 Å². The van der Waals surface area contributed by atoms with Crippen LogP contribution in [0.4, 0.5) is 0 Å². The van der Waals surface area contributed by atoms with Crippen LogP contribution in [0.25, 0.3) is 0 Å². The molecule has 3 N–H and O–H groups in total. The van der Waals surface area contributed by atoms with Crippen LogP contribution < -0.4 is 5.73 Å². The second-order valence-electron chi connectivity index (χ2n) is 4.46. The van der Waals surface area contributed by atoms with Gasteiger partial charge in [-0.05, 0) is 18.4 Å². The molecule has 1 fully saturated rings. The normalized spacial score (nSPS) is 29.9. The molecule has 0 bridgehead atoms. The molecule has 16 heavy (non-hydrogen) atoms. The second-order valence-corrected chi connectivity index (χ2v) is 4.46. The summed E-state index contributed by atoms with van der Waals surface area (Å²) in [4.78, 5) is 11.7. The fraction of sp³-hybridized carbons (Fsp3) is 0.462. The number of hydrogen-bond donors (Lipinski definition) is 2. The van der Waals surface area contributed by atoms with Crippen molar-refractivity contribution in [1.29, 1.82) is 0 Å². The molecule has 1 amide bonds. The van der Waals surface area contributed by atoms with Crippen LogP contribution in [0.5, 0.6) is 0 Å². The van der Waals surface area contributed by atoms with Crippen LogP contribution in [0, 0.1) is 0 Å². The number of benzene rings is 1. The SMILES string of the molecule is NC(=O)C1(c2ccccc2)CCCCC1O. The Bertz CT molecular complexity index is 377. The van der Waals surface area contributed by atoms with Gasteiger partial charge >= 0.3 is 0 Å². The summed E-state index contributed by atoms with van der Waals surface area (Å²) in [5.74, 6) is -0.411. The van der Waals surface area contributed by atoms with E-state index in [4.69, 9.17) is 5.73 Å². The minimum atomic E-state index is -0.875.